The van der Waals surface area contributed by atoms with Crippen LogP contribution in [-0.2, 0) is 12.2 Å². The number of aryl methyl sites for hydroxylation is 2. The van der Waals surface area contributed by atoms with E-state index in [0.29, 0.717) is 11.1 Å². The Morgan fingerprint density at radius 1 is 1.32 bits per heavy atom. The zero-order valence-electron chi connectivity index (χ0n) is 15.2. The van der Waals surface area contributed by atoms with Crippen LogP contribution in [0.3, 0.4) is 0 Å². The maximum Gasteiger partial charge on any atom is 0.260 e. The lowest BCUT2D eigenvalue weighted by Crippen LogP contribution is -2.11. The second kappa shape index (κ2) is 7.75. The summed E-state index contributed by atoms with van der Waals surface area (Å²) in [5.41, 5.74) is 3.67. The van der Waals surface area contributed by atoms with E-state index >= 15 is 0 Å². The van der Waals surface area contributed by atoms with Crippen LogP contribution in [0, 0.1) is 19.8 Å². The fraction of sp³-hybridized carbons (Fsp3) is 0.400. The maximum absolute atomic E-state index is 12.7. The summed E-state index contributed by atoms with van der Waals surface area (Å²) in [6.45, 7) is 8.62. The molecule has 3 aromatic rings. The van der Waals surface area contributed by atoms with E-state index in [9.17, 15) is 4.79 Å². The van der Waals surface area contributed by atoms with Crippen molar-refractivity contribution in [2.75, 3.05) is 0 Å². The van der Waals surface area contributed by atoms with Crippen molar-refractivity contribution in [1.82, 2.24) is 9.97 Å². The Morgan fingerprint density at radius 2 is 2.12 bits per heavy atom. The zero-order valence-corrected chi connectivity index (χ0v) is 16.8. The molecule has 5 heteroatoms. The molecule has 2 heterocycles. The summed E-state index contributed by atoms with van der Waals surface area (Å²) in [4.78, 5) is 22.4. The predicted octanol–water partition coefficient (Wildman–Crippen LogP) is 5.48. The van der Waals surface area contributed by atoms with Crippen LogP contribution >= 0.6 is 23.1 Å². The van der Waals surface area contributed by atoms with Crippen molar-refractivity contribution in [2.45, 2.75) is 51.4 Å². The van der Waals surface area contributed by atoms with Gasteiger partial charge in [0, 0.05) is 10.6 Å². The van der Waals surface area contributed by atoms with E-state index in [1.165, 1.54) is 21.6 Å². The van der Waals surface area contributed by atoms with Gasteiger partial charge in [0.25, 0.3) is 5.56 Å². The Balaban J connectivity index is 1.88. The van der Waals surface area contributed by atoms with Gasteiger partial charge in [-0.1, -0.05) is 61.9 Å². The maximum atomic E-state index is 12.7. The molecule has 0 aliphatic heterocycles. The van der Waals surface area contributed by atoms with E-state index in [4.69, 9.17) is 4.98 Å². The summed E-state index contributed by atoms with van der Waals surface area (Å²) in [5.74, 6) is 1.38. The molecule has 1 N–H and O–H groups in total. The number of benzene rings is 1. The average Bonchev–Trinajstić information content (AvgIpc) is 2.89. The smallest absolute Gasteiger partial charge is 0.260 e. The minimum Gasteiger partial charge on any atom is -0.301 e. The third-order valence-corrected chi connectivity index (χ3v) is 6.53. The summed E-state index contributed by atoms with van der Waals surface area (Å²) < 4.78 is 0. The van der Waals surface area contributed by atoms with Crippen molar-refractivity contribution in [3.05, 3.63) is 56.2 Å². The highest BCUT2D eigenvalue weighted by atomic mass is 32.2. The van der Waals surface area contributed by atoms with E-state index in [-0.39, 0.29) is 5.56 Å². The molecule has 0 saturated heterocycles. The Bertz CT molecular complexity index is 943. The molecule has 1 atom stereocenters. The van der Waals surface area contributed by atoms with Crippen molar-refractivity contribution in [3.63, 3.8) is 0 Å². The van der Waals surface area contributed by atoms with Gasteiger partial charge in [0.1, 0.15) is 4.83 Å². The quantitative estimate of drug-likeness (QED) is 0.460. The fourth-order valence-electron chi connectivity index (χ4n) is 2.92. The minimum absolute atomic E-state index is 0.000560. The number of nitrogens with one attached hydrogen (secondary N) is 1. The van der Waals surface area contributed by atoms with Crippen LogP contribution in [0.15, 0.2) is 34.2 Å². The number of rotatable bonds is 6. The molecule has 0 unspecified atom stereocenters. The van der Waals surface area contributed by atoms with Gasteiger partial charge in [-0.25, -0.2) is 4.98 Å². The molecular weight excluding hydrogens is 348 g/mol. The Morgan fingerprint density at radius 3 is 2.84 bits per heavy atom. The molecule has 0 radical (unpaired) electrons. The van der Waals surface area contributed by atoms with Crippen LogP contribution < -0.4 is 5.56 Å². The van der Waals surface area contributed by atoms with E-state index in [1.807, 2.05) is 0 Å². The molecule has 0 aliphatic carbocycles. The number of hydrogen-bond donors (Lipinski definition) is 1. The Kier molecular flexibility index (Phi) is 5.64. The molecule has 0 bridgehead atoms. The molecule has 3 nitrogen and oxygen atoms in total. The highest BCUT2D eigenvalue weighted by Crippen LogP contribution is 2.31. The monoisotopic (exact) mass is 372 g/mol. The lowest BCUT2D eigenvalue weighted by Gasteiger charge is -2.08. The van der Waals surface area contributed by atoms with Crippen molar-refractivity contribution in [1.29, 1.82) is 0 Å². The van der Waals surface area contributed by atoms with Gasteiger partial charge >= 0.3 is 0 Å². The number of hydrogen-bond acceptors (Lipinski definition) is 4. The molecular formula is C20H24N2OS2. The van der Waals surface area contributed by atoms with E-state index in [0.717, 1.165) is 28.8 Å². The molecule has 0 amide bonds. The number of aromatic nitrogens is 2. The topological polar surface area (TPSA) is 45.8 Å². The first kappa shape index (κ1) is 18.2. The lowest BCUT2D eigenvalue weighted by molar-refractivity contribution is 0.561. The number of H-pyrrole nitrogens is 1. The molecule has 0 spiro atoms. The van der Waals surface area contributed by atoms with Crippen LogP contribution in [-0.4, -0.2) is 9.97 Å². The average molecular weight is 373 g/mol. The molecule has 1 aromatic carbocycles. The summed E-state index contributed by atoms with van der Waals surface area (Å²) in [7, 11) is 0. The summed E-state index contributed by atoms with van der Waals surface area (Å²) in [6, 6.07) is 8.43. The van der Waals surface area contributed by atoms with Gasteiger partial charge in [-0.3, -0.25) is 4.79 Å². The first-order valence-corrected chi connectivity index (χ1v) is 10.5. The van der Waals surface area contributed by atoms with E-state index < -0.39 is 0 Å². The van der Waals surface area contributed by atoms with Gasteiger partial charge in [-0.15, -0.1) is 11.3 Å². The number of fused-ring (bicyclic) bond motifs is 1. The number of aromatic amines is 1. The molecule has 2 aromatic heterocycles. The highest BCUT2D eigenvalue weighted by Gasteiger charge is 2.16. The molecule has 0 aliphatic rings. The first-order chi connectivity index (χ1) is 12.0. The van der Waals surface area contributed by atoms with Crippen molar-refractivity contribution in [3.8, 4) is 0 Å². The standard InChI is InChI=1S/C20H24N2OS2/c1-5-12(2)10-16-14(4)25-19-17(16)18(23)21-20(22-19)24-11-15-8-6-7-13(3)9-15/h6-9,12H,5,10-11H2,1-4H3,(H,21,22,23)/t12-/m1/s1. The first-order valence-electron chi connectivity index (χ1n) is 8.68. The van der Waals surface area contributed by atoms with Gasteiger partial charge < -0.3 is 4.98 Å². The Hall–Kier alpha value is -1.59. The van der Waals surface area contributed by atoms with Crippen molar-refractivity contribution >= 4 is 33.3 Å². The van der Waals surface area contributed by atoms with Gasteiger partial charge in [0.15, 0.2) is 5.16 Å². The van der Waals surface area contributed by atoms with Crippen molar-refractivity contribution < 1.29 is 0 Å². The van der Waals surface area contributed by atoms with Gasteiger partial charge in [0.2, 0.25) is 0 Å². The van der Waals surface area contributed by atoms with Crippen molar-refractivity contribution in [2.24, 2.45) is 5.92 Å². The SMILES string of the molecule is CC[C@@H](C)Cc1c(C)sc2nc(SCc3cccc(C)c3)[nH]c(=O)c12. The second-order valence-corrected chi connectivity index (χ2v) is 8.85. The lowest BCUT2D eigenvalue weighted by atomic mass is 9.98. The van der Waals surface area contributed by atoms with Gasteiger partial charge in [-0.05, 0) is 37.3 Å². The largest absolute Gasteiger partial charge is 0.301 e. The number of nitrogens with zero attached hydrogens (tertiary/aromatic N) is 1. The van der Waals surface area contributed by atoms with Crippen LogP contribution in [0.5, 0.6) is 0 Å². The summed E-state index contributed by atoms with van der Waals surface area (Å²) in [6.07, 6.45) is 2.06. The second-order valence-electron chi connectivity index (χ2n) is 6.68. The third kappa shape index (κ3) is 4.15. The number of thiophene rings is 1. The van der Waals surface area contributed by atoms with Crippen LogP contribution in [0.4, 0.5) is 0 Å². The molecule has 132 valence electrons. The summed E-state index contributed by atoms with van der Waals surface area (Å²) >= 11 is 3.22. The molecule has 3 rings (SSSR count). The Labute approximate surface area is 156 Å². The van der Waals surface area contributed by atoms with E-state index in [1.54, 1.807) is 23.1 Å². The fourth-order valence-corrected chi connectivity index (χ4v) is 4.83. The normalized spacial score (nSPS) is 12.6. The van der Waals surface area contributed by atoms with Crippen LogP contribution in [0.2, 0.25) is 0 Å². The van der Waals surface area contributed by atoms with Crippen LogP contribution in [0.1, 0.15) is 41.8 Å². The highest BCUT2D eigenvalue weighted by molar-refractivity contribution is 7.98. The predicted molar refractivity (Wildman–Crippen MR) is 109 cm³/mol. The zero-order chi connectivity index (χ0) is 18.0. The van der Waals surface area contributed by atoms with Gasteiger partial charge in [-0.2, -0.15) is 0 Å². The number of thioether (sulfide) groups is 1. The van der Waals surface area contributed by atoms with E-state index in [2.05, 4.69) is 56.9 Å². The third-order valence-electron chi connectivity index (χ3n) is 4.55. The molecule has 0 fully saturated rings. The minimum atomic E-state index is -0.000560. The van der Waals surface area contributed by atoms with Crippen LogP contribution in [0.25, 0.3) is 10.2 Å². The molecule has 25 heavy (non-hydrogen) atoms. The summed E-state index contributed by atoms with van der Waals surface area (Å²) in [5, 5.41) is 1.50. The van der Waals surface area contributed by atoms with Gasteiger partial charge in [0.05, 0.1) is 5.39 Å². The molecule has 0 saturated carbocycles.